The summed E-state index contributed by atoms with van der Waals surface area (Å²) in [6.07, 6.45) is 11.2. The van der Waals surface area contributed by atoms with Gasteiger partial charge in [0.05, 0.1) is 30.7 Å². The van der Waals surface area contributed by atoms with Crippen molar-refractivity contribution < 1.29 is 19.4 Å². The van der Waals surface area contributed by atoms with E-state index < -0.39 is 0 Å². The van der Waals surface area contributed by atoms with Crippen LogP contribution in [0.15, 0.2) is 79.0 Å². The van der Waals surface area contributed by atoms with Crippen LogP contribution in [0.4, 0.5) is 4.79 Å². The van der Waals surface area contributed by atoms with E-state index in [0.717, 1.165) is 52.6 Å². The fraction of sp³-hybridized carbons (Fsp3) is 0.382. The van der Waals surface area contributed by atoms with Gasteiger partial charge in [-0.1, -0.05) is 48.0 Å². The molecule has 0 spiro atoms. The SMILES string of the molecule is CC(C)=CCOC(=O)N1CCC(Cn2cncc2Cn2cc(C(=O)N(C)CC[OH2+])c(-c3cccc4ccccc34)c2)CC1. The zero-order valence-corrected chi connectivity index (χ0v) is 25.3. The number of imidazole rings is 1. The molecule has 0 aliphatic carbocycles. The number of fused-ring (bicyclic) bond motifs is 1. The Morgan fingerprint density at radius 3 is 2.60 bits per heavy atom. The largest absolute Gasteiger partial charge is 0.445 e. The van der Waals surface area contributed by atoms with Gasteiger partial charge in [0.15, 0.2) is 6.61 Å². The predicted molar refractivity (Wildman–Crippen MR) is 169 cm³/mol. The van der Waals surface area contributed by atoms with E-state index in [1.165, 1.54) is 0 Å². The number of benzene rings is 2. The predicted octanol–water partition coefficient (Wildman–Crippen LogP) is 5.16. The fourth-order valence-electron chi connectivity index (χ4n) is 5.70. The van der Waals surface area contributed by atoms with E-state index in [0.29, 0.717) is 44.3 Å². The summed E-state index contributed by atoms with van der Waals surface area (Å²) in [6.45, 7) is 7.59. The highest BCUT2D eigenvalue weighted by Crippen LogP contribution is 2.33. The molecule has 0 unspecified atom stereocenters. The molecule has 3 heterocycles. The third-order valence-corrected chi connectivity index (χ3v) is 8.15. The van der Waals surface area contributed by atoms with Crippen molar-refractivity contribution in [1.82, 2.24) is 23.9 Å². The van der Waals surface area contributed by atoms with Crippen molar-refractivity contribution in [2.45, 2.75) is 39.8 Å². The second kappa shape index (κ2) is 13.7. The van der Waals surface area contributed by atoms with Gasteiger partial charge in [-0.25, -0.2) is 9.78 Å². The lowest BCUT2D eigenvalue weighted by molar-refractivity contribution is 0.0767. The number of rotatable bonds is 10. The lowest BCUT2D eigenvalue weighted by atomic mass is 9.97. The molecule has 2 aromatic carbocycles. The maximum absolute atomic E-state index is 13.5. The zero-order chi connectivity index (χ0) is 30.3. The third kappa shape index (κ3) is 7.17. The minimum absolute atomic E-state index is 0.0893. The Labute approximate surface area is 253 Å². The highest BCUT2D eigenvalue weighted by Gasteiger charge is 2.25. The van der Waals surface area contributed by atoms with Crippen LogP contribution in [0.3, 0.4) is 0 Å². The molecule has 1 aliphatic heterocycles. The Morgan fingerprint density at radius 2 is 1.84 bits per heavy atom. The number of piperidine rings is 1. The maximum atomic E-state index is 13.5. The van der Waals surface area contributed by atoms with Gasteiger partial charge >= 0.3 is 6.09 Å². The van der Waals surface area contributed by atoms with Gasteiger partial charge in [0, 0.05) is 50.8 Å². The van der Waals surface area contributed by atoms with Crippen molar-refractivity contribution in [2.75, 3.05) is 39.9 Å². The van der Waals surface area contributed by atoms with E-state index in [2.05, 4.69) is 44.6 Å². The molecule has 1 aliphatic rings. The van der Waals surface area contributed by atoms with Crippen LogP contribution in [0.1, 0.15) is 42.7 Å². The van der Waals surface area contributed by atoms with Crippen LogP contribution in [0.5, 0.6) is 0 Å². The molecule has 0 radical (unpaired) electrons. The van der Waals surface area contributed by atoms with Gasteiger partial charge in [0.1, 0.15) is 6.61 Å². The zero-order valence-electron chi connectivity index (χ0n) is 25.3. The van der Waals surface area contributed by atoms with Gasteiger partial charge in [-0.2, -0.15) is 0 Å². The number of aromatic nitrogens is 3. The topological polar surface area (TPSA) is 95.5 Å². The van der Waals surface area contributed by atoms with Crippen LogP contribution in [0.25, 0.3) is 21.9 Å². The number of carbonyl (C=O) groups is 2. The number of ether oxygens (including phenoxy) is 1. The second-order valence-electron chi connectivity index (χ2n) is 11.6. The summed E-state index contributed by atoms with van der Waals surface area (Å²) in [7, 11) is 1.75. The summed E-state index contributed by atoms with van der Waals surface area (Å²) in [6, 6.07) is 14.4. The summed E-state index contributed by atoms with van der Waals surface area (Å²) in [5.74, 6) is 0.343. The molecule has 226 valence electrons. The highest BCUT2D eigenvalue weighted by atomic mass is 16.6. The van der Waals surface area contributed by atoms with E-state index in [9.17, 15) is 9.59 Å². The molecule has 1 fully saturated rings. The minimum atomic E-state index is -0.243. The lowest BCUT2D eigenvalue weighted by Gasteiger charge is -2.31. The number of hydrogen-bond acceptors (Lipinski definition) is 4. The quantitative estimate of drug-likeness (QED) is 0.190. The molecule has 0 atom stereocenters. The Morgan fingerprint density at radius 1 is 1.07 bits per heavy atom. The van der Waals surface area contributed by atoms with Crippen molar-refractivity contribution in [1.29, 1.82) is 0 Å². The number of likely N-dealkylation sites (N-methyl/N-ethyl adjacent to an activating group) is 1. The number of allylic oxidation sites excluding steroid dienone is 1. The van der Waals surface area contributed by atoms with Gasteiger partial charge in [-0.15, -0.1) is 0 Å². The standard InChI is InChI=1S/C34H41N5O4/c1-25(2)13-18-43-34(42)38-14-11-26(12-15-38)20-39-24-35-19-28(39)21-37-22-31(32(23-37)33(41)36(3)16-17-40)30-10-6-8-27-7-4-5-9-29(27)30/h4-10,13,19,22-24,26,40H,11-12,14-18,20-21H2,1-3H3/p+1. The second-order valence-corrected chi connectivity index (χ2v) is 11.6. The molecule has 2 amide bonds. The van der Waals surface area contributed by atoms with Gasteiger partial charge < -0.3 is 28.8 Å². The molecule has 9 heteroatoms. The first-order chi connectivity index (χ1) is 20.8. The molecule has 1 saturated heterocycles. The summed E-state index contributed by atoms with van der Waals surface area (Å²) in [4.78, 5) is 33.8. The van der Waals surface area contributed by atoms with E-state index in [1.807, 2.05) is 56.8 Å². The van der Waals surface area contributed by atoms with Crippen LogP contribution in [0, 0.1) is 5.92 Å². The monoisotopic (exact) mass is 584 g/mol. The molecule has 4 aromatic rings. The van der Waals surface area contributed by atoms with Crippen molar-refractivity contribution in [3.8, 4) is 11.1 Å². The van der Waals surface area contributed by atoms with Crippen LogP contribution >= 0.6 is 0 Å². The molecule has 0 bridgehead atoms. The van der Waals surface area contributed by atoms with Crippen LogP contribution in [-0.4, -0.2) is 80.9 Å². The first-order valence-corrected chi connectivity index (χ1v) is 15.0. The third-order valence-electron chi connectivity index (χ3n) is 8.15. The molecule has 2 N–H and O–H groups in total. The average molecular weight is 585 g/mol. The molecular formula is C34H42N5O4+. The van der Waals surface area contributed by atoms with Gasteiger partial charge in [-0.05, 0) is 55.0 Å². The molecule has 2 aromatic heterocycles. The summed E-state index contributed by atoms with van der Waals surface area (Å²) >= 11 is 0. The first-order valence-electron chi connectivity index (χ1n) is 15.0. The summed E-state index contributed by atoms with van der Waals surface area (Å²) in [5.41, 5.74) is 4.71. The number of nitrogens with zero attached hydrogens (tertiary/aromatic N) is 5. The Balaban J connectivity index is 1.32. The van der Waals surface area contributed by atoms with Crippen molar-refractivity contribution in [3.63, 3.8) is 0 Å². The lowest BCUT2D eigenvalue weighted by Crippen LogP contribution is -2.39. The number of carbonyl (C=O) groups excluding carboxylic acids is 2. The van der Waals surface area contributed by atoms with Gasteiger partial charge in [-0.3, -0.25) is 4.79 Å². The smallest absolute Gasteiger partial charge is 0.410 e. The minimum Gasteiger partial charge on any atom is -0.445 e. The number of amides is 2. The molecule has 0 saturated carbocycles. The first kappa shape index (κ1) is 30.1. The van der Waals surface area contributed by atoms with Crippen molar-refractivity contribution >= 4 is 22.8 Å². The molecule has 43 heavy (non-hydrogen) atoms. The van der Waals surface area contributed by atoms with Crippen LogP contribution < -0.4 is 0 Å². The Kier molecular flexibility index (Phi) is 9.61. The Bertz CT molecular complexity index is 1590. The van der Waals surface area contributed by atoms with Crippen molar-refractivity contribution in [2.24, 2.45) is 5.92 Å². The average Bonchev–Trinajstić information content (AvgIpc) is 3.63. The highest BCUT2D eigenvalue weighted by molar-refractivity contribution is 6.05. The molecule has 9 nitrogen and oxygen atoms in total. The summed E-state index contributed by atoms with van der Waals surface area (Å²) < 4.78 is 9.65. The number of likely N-dealkylation sites (tertiary alicyclic amines) is 1. The number of hydrogen-bond donors (Lipinski definition) is 0. The van der Waals surface area contributed by atoms with E-state index in [4.69, 9.17) is 9.84 Å². The summed E-state index contributed by atoms with van der Waals surface area (Å²) in [5, 5.41) is 9.83. The van der Waals surface area contributed by atoms with E-state index >= 15 is 0 Å². The van der Waals surface area contributed by atoms with E-state index in [-0.39, 0.29) is 18.6 Å². The van der Waals surface area contributed by atoms with Gasteiger partial charge in [0.2, 0.25) is 0 Å². The van der Waals surface area contributed by atoms with Crippen LogP contribution in [-0.2, 0) is 17.8 Å². The van der Waals surface area contributed by atoms with Crippen LogP contribution in [0.2, 0.25) is 0 Å². The normalized spacial score (nSPS) is 13.7. The van der Waals surface area contributed by atoms with Crippen molar-refractivity contribution in [3.05, 3.63) is 90.3 Å². The maximum Gasteiger partial charge on any atom is 0.410 e. The Hall–Kier alpha value is -4.37. The van der Waals surface area contributed by atoms with E-state index in [1.54, 1.807) is 16.8 Å². The fourth-order valence-corrected chi connectivity index (χ4v) is 5.70. The molecule has 5 rings (SSSR count). The molecular weight excluding hydrogens is 542 g/mol. The van der Waals surface area contributed by atoms with Gasteiger partial charge in [0.25, 0.3) is 5.91 Å².